The lowest BCUT2D eigenvalue weighted by Gasteiger charge is -2.18. The quantitative estimate of drug-likeness (QED) is 0.779. The van der Waals surface area contributed by atoms with E-state index in [1.807, 2.05) is 0 Å². The molecular weight excluding hydrogens is 232 g/mol. The number of fused-ring (bicyclic) bond motifs is 1. The molecule has 0 saturated carbocycles. The van der Waals surface area contributed by atoms with E-state index < -0.39 is 0 Å². The summed E-state index contributed by atoms with van der Waals surface area (Å²) in [5, 5.41) is 6.16. The van der Waals surface area contributed by atoms with Crippen molar-refractivity contribution < 1.29 is 0 Å². The predicted octanol–water partition coefficient (Wildman–Crippen LogP) is 3.10. The monoisotopic (exact) mass is 256 g/mol. The summed E-state index contributed by atoms with van der Waals surface area (Å²) in [6, 6.07) is 15.1. The number of hydrogen-bond donors (Lipinski definition) is 2. The molecule has 0 saturated heterocycles. The molecule has 0 aliphatic rings. The van der Waals surface area contributed by atoms with Gasteiger partial charge < -0.3 is 11.1 Å². The zero-order valence-corrected chi connectivity index (χ0v) is 11.9. The van der Waals surface area contributed by atoms with Crippen molar-refractivity contribution in [1.29, 1.82) is 0 Å². The minimum Gasteiger partial charge on any atom is -0.326 e. The summed E-state index contributed by atoms with van der Waals surface area (Å²) >= 11 is 0. The van der Waals surface area contributed by atoms with Gasteiger partial charge in [-0.3, -0.25) is 0 Å². The lowest BCUT2D eigenvalue weighted by atomic mass is 10.0. The summed E-state index contributed by atoms with van der Waals surface area (Å²) in [5.41, 5.74) is 7.30. The highest BCUT2D eigenvalue weighted by atomic mass is 14.9. The third kappa shape index (κ3) is 4.34. The molecule has 2 rings (SSSR count). The van der Waals surface area contributed by atoms with E-state index in [0.29, 0.717) is 0 Å². The van der Waals surface area contributed by atoms with Gasteiger partial charge in [0.1, 0.15) is 0 Å². The molecule has 2 aromatic carbocycles. The van der Waals surface area contributed by atoms with Gasteiger partial charge in [0.25, 0.3) is 0 Å². The van der Waals surface area contributed by atoms with Crippen LogP contribution >= 0.6 is 0 Å². The molecule has 2 nitrogen and oxygen atoms in total. The van der Waals surface area contributed by atoms with E-state index in [4.69, 9.17) is 5.73 Å². The second-order valence-corrected chi connectivity index (χ2v) is 5.88. The van der Waals surface area contributed by atoms with Gasteiger partial charge in [0.2, 0.25) is 0 Å². The van der Waals surface area contributed by atoms with Gasteiger partial charge in [-0.15, -0.1) is 0 Å². The number of hydrogen-bond acceptors (Lipinski definition) is 2. The maximum Gasteiger partial charge on any atom is 0.0109 e. The van der Waals surface area contributed by atoms with Crippen LogP contribution in [0.15, 0.2) is 42.5 Å². The van der Waals surface area contributed by atoms with Gasteiger partial charge in [0.15, 0.2) is 0 Å². The Morgan fingerprint density at radius 2 is 1.74 bits per heavy atom. The molecule has 0 amide bonds. The van der Waals surface area contributed by atoms with E-state index in [-0.39, 0.29) is 5.54 Å². The molecule has 0 atom stereocenters. The Bertz CT molecular complexity index is 521. The van der Waals surface area contributed by atoms with E-state index in [1.165, 1.54) is 16.3 Å². The van der Waals surface area contributed by atoms with Gasteiger partial charge >= 0.3 is 0 Å². The average Bonchev–Trinajstić information content (AvgIpc) is 2.37. The zero-order chi connectivity index (χ0) is 13.7. The van der Waals surface area contributed by atoms with Crippen molar-refractivity contribution in [2.75, 3.05) is 13.1 Å². The van der Waals surface area contributed by atoms with E-state index in [0.717, 1.165) is 25.9 Å². The largest absolute Gasteiger partial charge is 0.326 e. The molecule has 0 aromatic heterocycles. The first-order valence-corrected chi connectivity index (χ1v) is 7.02. The van der Waals surface area contributed by atoms with Crippen molar-refractivity contribution in [3.63, 3.8) is 0 Å². The maximum absolute atomic E-state index is 5.96. The summed E-state index contributed by atoms with van der Waals surface area (Å²) in [5.74, 6) is 0. The van der Waals surface area contributed by atoms with Gasteiger partial charge in [-0.25, -0.2) is 0 Å². The van der Waals surface area contributed by atoms with Crippen molar-refractivity contribution in [3.05, 3.63) is 48.0 Å². The van der Waals surface area contributed by atoms with Crippen molar-refractivity contribution in [2.45, 2.75) is 32.2 Å². The molecule has 0 radical (unpaired) electrons. The highest BCUT2D eigenvalue weighted by Gasteiger charge is 2.08. The van der Waals surface area contributed by atoms with E-state index in [1.54, 1.807) is 0 Å². The molecule has 0 fully saturated rings. The van der Waals surface area contributed by atoms with Crippen LogP contribution in [0.5, 0.6) is 0 Å². The summed E-state index contributed by atoms with van der Waals surface area (Å²) in [4.78, 5) is 0. The second kappa shape index (κ2) is 6.18. The first kappa shape index (κ1) is 14.0. The van der Waals surface area contributed by atoms with Crippen LogP contribution in [0.2, 0.25) is 0 Å². The molecule has 2 heteroatoms. The number of nitrogens with two attached hydrogens (primary N) is 1. The van der Waals surface area contributed by atoms with Crippen molar-refractivity contribution in [3.8, 4) is 0 Å². The fourth-order valence-corrected chi connectivity index (χ4v) is 2.27. The topological polar surface area (TPSA) is 38.0 Å². The third-order valence-corrected chi connectivity index (χ3v) is 3.40. The lowest BCUT2D eigenvalue weighted by molar-refractivity contribution is 0.456. The fourth-order valence-electron chi connectivity index (χ4n) is 2.27. The number of benzene rings is 2. The van der Waals surface area contributed by atoms with Gasteiger partial charge in [0, 0.05) is 5.54 Å². The molecule has 0 heterocycles. The highest BCUT2D eigenvalue weighted by molar-refractivity contribution is 5.85. The average molecular weight is 256 g/mol. The summed E-state index contributed by atoms with van der Waals surface area (Å²) in [7, 11) is 0. The summed E-state index contributed by atoms with van der Waals surface area (Å²) < 4.78 is 0. The first-order valence-electron chi connectivity index (χ1n) is 7.02. The minimum atomic E-state index is -0.0769. The number of rotatable bonds is 6. The van der Waals surface area contributed by atoms with Crippen LogP contribution in [0.4, 0.5) is 0 Å². The van der Waals surface area contributed by atoms with Gasteiger partial charge in [-0.05, 0) is 56.1 Å². The molecule has 3 N–H and O–H groups in total. The molecule has 0 spiro atoms. The first-order chi connectivity index (χ1) is 9.06. The van der Waals surface area contributed by atoms with Crippen molar-refractivity contribution in [2.24, 2.45) is 5.73 Å². The van der Waals surface area contributed by atoms with E-state index in [2.05, 4.69) is 61.6 Å². The standard InChI is InChI=1S/C17H24N2/c1-17(2,18)11-13-19-12-10-15-8-5-7-14-6-3-4-9-16(14)15/h3-9,19H,10-13,18H2,1-2H3. The van der Waals surface area contributed by atoms with E-state index in [9.17, 15) is 0 Å². The Morgan fingerprint density at radius 1 is 1.00 bits per heavy atom. The molecular formula is C17H24N2. The van der Waals surface area contributed by atoms with Crippen molar-refractivity contribution in [1.82, 2.24) is 5.32 Å². The zero-order valence-electron chi connectivity index (χ0n) is 11.9. The highest BCUT2D eigenvalue weighted by Crippen LogP contribution is 2.18. The lowest BCUT2D eigenvalue weighted by Crippen LogP contribution is -2.36. The Hall–Kier alpha value is -1.38. The molecule has 0 unspecified atom stereocenters. The van der Waals surface area contributed by atoms with Gasteiger partial charge in [0.05, 0.1) is 0 Å². The van der Waals surface area contributed by atoms with Gasteiger partial charge in [-0.1, -0.05) is 42.5 Å². The molecule has 19 heavy (non-hydrogen) atoms. The summed E-state index contributed by atoms with van der Waals surface area (Å²) in [6.45, 7) is 6.12. The minimum absolute atomic E-state index is 0.0769. The van der Waals surface area contributed by atoms with Crippen LogP contribution in [0.3, 0.4) is 0 Å². The fraction of sp³-hybridized carbons (Fsp3) is 0.412. The molecule has 0 aliphatic heterocycles. The van der Waals surface area contributed by atoms with Crippen LogP contribution < -0.4 is 11.1 Å². The van der Waals surface area contributed by atoms with Crippen LogP contribution in [-0.2, 0) is 6.42 Å². The third-order valence-electron chi connectivity index (χ3n) is 3.40. The Kier molecular flexibility index (Phi) is 4.56. The molecule has 0 aliphatic carbocycles. The Morgan fingerprint density at radius 3 is 2.53 bits per heavy atom. The van der Waals surface area contributed by atoms with E-state index >= 15 is 0 Å². The Labute approximate surface area is 116 Å². The predicted molar refractivity (Wildman–Crippen MR) is 83.4 cm³/mol. The smallest absolute Gasteiger partial charge is 0.0109 e. The molecule has 0 bridgehead atoms. The second-order valence-electron chi connectivity index (χ2n) is 5.88. The van der Waals surface area contributed by atoms with Crippen molar-refractivity contribution >= 4 is 10.8 Å². The van der Waals surface area contributed by atoms with Crippen LogP contribution in [-0.4, -0.2) is 18.6 Å². The molecule has 2 aromatic rings. The normalized spacial score (nSPS) is 11.9. The van der Waals surface area contributed by atoms with Crippen LogP contribution in [0.1, 0.15) is 25.8 Å². The SMILES string of the molecule is CC(C)(N)CCNCCc1cccc2ccccc12. The van der Waals surface area contributed by atoms with Crippen LogP contribution in [0.25, 0.3) is 10.8 Å². The number of nitrogens with one attached hydrogen (secondary N) is 1. The summed E-state index contributed by atoms with van der Waals surface area (Å²) in [6.07, 6.45) is 2.06. The maximum atomic E-state index is 5.96. The Balaban J connectivity index is 1.88. The molecule has 102 valence electrons. The van der Waals surface area contributed by atoms with Gasteiger partial charge in [-0.2, -0.15) is 0 Å². The van der Waals surface area contributed by atoms with Crippen LogP contribution in [0, 0.1) is 0 Å².